The number of fused-ring (bicyclic) bond motifs is 1. The van der Waals surface area contributed by atoms with Gasteiger partial charge in [0.2, 0.25) is 5.95 Å². The fourth-order valence-corrected chi connectivity index (χ4v) is 12.9. The summed E-state index contributed by atoms with van der Waals surface area (Å²) in [6, 6.07) is -2.47. The molecule has 18 nitrogen and oxygen atoms in total. The van der Waals surface area contributed by atoms with E-state index >= 15 is 0 Å². The van der Waals surface area contributed by atoms with Gasteiger partial charge in [-0.25, -0.2) is 20.2 Å². The molecule has 0 aromatic carbocycles. The van der Waals surface area contributed by atoms with E-state index in [1.807, 2.05) is 13.8 Å². The van der Waals surface area contributed by atoms with Crippen molar-refractivity contribution in [3.8, 4) is 0 Å². The van der Waals surface area contributed by atoms with Crippen LogP contribution in [0.5, 0.6) is 0 Å². The van der Waals surface area contributed by atoms with E-state index < -0.39 is 62.0 Å². The zero-order chi connectivity index (χ0) is 36.7. The van der Waals surface area contributed by atoms with Crippen LogP contribution < -0.4 is 26.6 Å². The fourth-order valence-electron chi connectivity index (χ4n) is 5.07. The molecule has 9 atom stereocenters. The van der Waals surface area contributed by atoms with Crippen molar-refractivity contribution in [2.24, 2.45) is 0 Å². The Morgan fingerprint density at radius 1 is 0.960 bits per heavy atom. The molecule has 0 bridgehead atoms. The molecule has 2 aromatic heterocycles. The van der Waals surface area contributed by atoms with Gasteiger partial charge in [0, 0.05) is 30.1 Å². The highest BCUT2D eigenvalue weighted by Crippen LogP contribution is 2.58. The van der Waals surface area contributed by atoms with Crippen molar-refractivity contribution in [1.29, 1.82) is 0 Å². The second kappa shape index (κ2) is 18.8. The van der Waals surface area contributed by atoms with E-state index in [0.29, 0.717) is 12.8 Å². The quantitative estimate of drug-likeness (QED) is 0.0693. The number of hydrogen-bond donors (Lipinski definition) is 5. The Labute approximate surface area is 305 Å². The molecule has 50 heavy (non-hydrogen) atoms. The number of aromatic amines is 1. The Bertz CT molecular complexity index is 1630. The maximum atomic E-state index is 13.9. The normalized spacial score (nSPS) is 27.8. The zero-order valence-electron chi connectivity index (χ0n) is 28.3. The van der Waals surface area contributed by atoms with Crippen LogP contribution in [0.1, 0.15) is 26.7 Å². The minimum Gasteiger partial charge on any atom is -0.381 e. The third kappa shape index (κ3) is 11.8. The van der Waals surface area contributed by atoms with E-state index in [9.17, 15) is 18.5 Å². The third-order valence-corrected chi connectivity index (χ3v) is 18.7. The summed E-state index contributed by atoms with van der Waals surface area (Å²) >= 11 is 3.08. The summed E-state index contributed by atoms with van der Waals surface area (Å²) in [6.07, 6.45) is 5.64. The molecule has 2 aromatic rings. The van der Waals surface area contributed by atoms with Gasteiger partial charge in [-0.2, -0.15) is 4.98 Å². The number of aromatic nitrogens is 4. The van der Waals surface area contributed by atoms with E-state index in [0.717, 1.165) is 34.1 Å². The summed E-state index contributed by atoms with van der Waals surface area (Å²) in [6.45, 7) is -6.65. The highest BCUT2D eigenvalue weighted by molar-refractivity contribution is 8.56. The predicted octanol–water partition coefficient (Wildman–Crippen LogP) is 2.62. The lowest BCUT2D eigenvalue weighted by Crippen LogP contribution is -2.39. The number of nitrogens with zero attached hydrogens (tertiary/aromatic N) is 3. The van der Waals surface area contributed by atoms with Crippen molar-refractivity contribution in [3.05, 3.63) is 16.7 Å². The molecule has 0 saturated carbocycles. The first-order valence-corrected chi connectivity index (χ1v) is 25.8. The molecule has 9 unspecified atom stereocenters. The van der Waals surface area contributed by atoms with Crippen molar-refractivity contribution in [1.82, 2.24) is 34.8 Å². The van der Waals surface area contributed by atoms with Crippen LogP contribution in [-0.2, 0) is 48.2 Å². The summed E-state index contributed by atoms with van der Waals surface area (Å²) in [5.41, 5.74) is 5.56. The summed E-state index contributed by atoms with van der Waals surface area (Å²) < 4.78 is 76.7. The molecule has 6 N–H and O–H groups in total. The van der Waals surface area contributed by atoms with Gasteiger partial charge in [-0.15, -0.1) is 0 Å². The summed E-state index contributed by atoms with van der Waals surface area (Å²) in [7, 11) is 12.1. The molecular weight excluding hydrogens is 771 g/mol. The van der Waals surface area contributed by atoms with Crippen LogP contribution in [0.4, 0.5) is 5.95 Å². The van der Waals surface area contributed by atoms with Crippen LogP contribution in [0.3, 0.4) is 0 Å². The summed E-state index contributed by atoms with van der Waals surface area (Å²) in [4.78, 5) is 22.5. The first-order chi connectivity index (χ1) is 23.6. The molecule has 2 aliphatic rings. The van der Waals surface area contributed by atoms with Crippen LogP contribution in [-0.4, -0.2) is 123 Å². The highest BCUT2D eigenvalue weighted by atomic mass is 32.7. The van der Waals surface area contributed by atoms with E-state index in [-0.39, 0.29) is 56.3 Å². The molecule has 278 valence electrons. The van der Waals surface area contributed by atoms with E-state index in [1.165, 1.54) is 10.9 Å². The SMILES string of the molecule is [B]C1CC(NP(=O)(OCC2OC([B])CC2NP(=O)(OCCOCn2cnc3c(=O)[nH]c(N)nc32)SC)SC)C(COP(=O)(NC(C)C)SC)O1. The first-order valence-electron chi connectivity index (χ1n) is 15.4. The van der Waals surface area contributed by atoms with Crippen LogP contribution >= 0.6 is 54.3 Å². The van der Waals surface area contributed by atoms with Gasteiger partial charge >= 0.3 is 20.2 Å². The minimum atomic E-state index is -3.55. The van der Waals surface area contributed by atoms with Crippen molar-refractivity contribution >= 4 is 87.1 Å². The van der Waals surface area contributed by atoms with Gasteiger partial charge in [0.1, 0.15) is 22.4 Å². The lowest BCUT2D eigenvalue weighted by molar-refractivity contribution is 0.0395. The second-order valence-corrected chi connectivity index (χ2v) is 24.7. The lowest BCUT2D eigenvalue weighted by atomic mass is 9.95. The topological polar surface area (TPSA) is 232 Å². The maximum absolute atomic E-state index is 13.9. The van der Waals surface area contributed by atoms with Crippen molar-refractivity contribution in [2.75, 3.05) is 50.9 Å². The number of nitrogen functional groups attached to an aromatic ring is 1. The molecule has 4 heterocycles. The van der Waals surface area contributed by atoms with Gasteiger partial charge in [0.25, 0.3) is 5.56 Å². The van der Waals surface area contributed by atoms with Crippen LogP contribution in [0, 0.1) is 0 Å². The van der Waals surface area contributed by atoms with E-state index in [2.05, 4.69) is 30.2 Å². The number of H-pyrrole nitrogens is 1. The van der Waals surface area contributed by atoms with Crippen LogP contribution in [0.2, 0.25) is 0 Å². The number of imidazole rings is 1. The zero-order valence-corrected chi connectivity index (χ0v) is 33.4. The summed E-state index contributed by atoms with van der Waals surface area (Å²) in [5, 5.41) is 9.02. The minimum absolute atomic E-state index is 0.00165. The molecule has 0 aliphatic carbocycles. The summed E-state index contributed by atoms with van der Waals surface area (Å²) in [5.74, 6) is -0.0474. The first kappa shape index (κ1) is 42.4. The number of nitrogens with two attached hydrogens (primary N) is 1. The lowest BCUT2D eigenvalue weighted by Gasteiger charge is -2.28. The Morgan fingerprint density at radius 3 is 2.04 bits per heavy atom. The van der Waals surface area contributed by atoms with Gasteiger partial charge in [-0.05, 0) is 45.5 Å². The number of rotatable bonds is 21. The highest BCUT2D eigenvalue weighted by Gasteiger charge is 2.42. The standard InChI is InChI=1S/C24H43B2N8O10P3S3/c1-14(2)31-45(36,48-3)41-10-17-16(9-20(26)43-17)33-47(38,50-5)42-11-18-15(8-19(25)44-18)32-46(37,49-4)40-7-6-39-13-34-12-28-21-22(34)29-24(27)30-23(21)35/h12,14-20H,6-11,13H2,1-5H3,(H,31,36)(H,32,37)(H,33,38)(H3,27,29,30,35). The average Bonchev–Trinajstić information content (AvgIpc) is 3.74. The molecule has 2 fully saturated rings. The van der Waals surface area contributed by atoms with Crippen molar-refractivity contribution in [2.45, 2.75) is 75.8 Å². The van der Waals surface area contributed by atoms with Gasteiger partial charge < -0.3 is 33.5 Å². The molecule has 0 amide bonds. The predicted molar refractivity (Wildman–Crippen MR) is 200 cm³/mol. The Balaban J connectivity index is 1.28. The molecule has 4 rings (SSSR count). The Morgan fingerprint density at radius 2 is 1.50 bits per heavy atom. The smallest absolute Gasteiger partial charge is 0.326 e. The average molecular weight is 814 g/mol. The largest absolute Gasteiger partial charge is 0.381 e. The monoisotopic (exact) mass is 814 g/mol. The van der Waals surface area contributed by atoms with E-state index in [1.54, 1.807) is 18.8 Å². The molecule has 0 spiro atoms. The Kier molecular flexibility index (Phi) is 15.9. The van der Waals surface area contributed by atoms with Gasteiger partial charge in [-0.1, -0.05) is 34.1 Å². The Hall–Kier alpha value is -0.340. The second-order valence-electron chi connectivity index (χ2n) is 11.5. The van der Waals surface area contributed by atoms with Crippen LogP contribution in [0.15, 0.2) is 11.1 Å². The molecule has 4 radical (unpaired) electrons. The maximum Gasteiger partial charge on any atom is 0.326 e. The van der Waals surface area contributed by atoms with Gasteiger partial charge in [-0.3, -0.25) is 28.0 Å². The van der Waals surface area contributed by atoms with Gasteiger partial charge in [0.15, 0.2) is 11.2 Å². The number of hydrogen-bond acceptors (Lipinski definition) is 16. The van der Waals surface area contributed by atoms with Gasteiger partial charge in [0.05, 0.1) is 45.0 Å². The third-order valence-electron chi connectivity index (χ3n) is 7.38. The molecule has 2 aliphatic heterocycles. The number of ether oxygens (including phenoxy) is 3. The fraction of sp³-hybridized carbons (Fsp3) is 0.792. The van der Waals surface area contributed by atoms with Crippen molar-refractivity contribution < 1.29 is 41.5 Å². The van der Waals surface area contributed by atoms with Crippen LogP contribution in [0.25, 0.3) is 11.2 Å². The molecule has 26 heteroatoms. The molecule has 2 saturated heterocycles. The molecular formula is C24H43B2N8O10P3S3. The number of nitrogens with one attached hydrogen (secondary N) is 4. The van der Waals surface area contributed by atoms with Crippen molar-refractivity contribution in [3.63, 3.8) is 0 Å². The van der Waals surface area contributed by atoms with E-state index in [4.69, 9.17) is 49.2 Å². The number of anilines is 1.